The maximum atomic E-state index is 5.81. The van der Waals surface area contributed by atoms with E-state index in [2.05, 4.69) is 54.8 Å². The Morgan fingerprint density at radius 1 is 1.35 bits per heavy atom. The quantitative estimate of drug-likeness (QED) is 0.627. The van der Waals surface area contributed by atoms with Crippen molar-refractivity contribution in [2.45, 2.75) is 39.2 Å². The van der Waals surface area contributed by atoms with E-state index in [0.717, 1.165) is 30.5 Å². The largest absolute Gasteiger partial charge is 0.275 e. The molecule has 0 bridgehead atoms. The van der Waals surface area contributed by atoms with Crippen LogP contribution in [-0.4, -0.2) is 9.78 Å². The average Bonchev–Trinajstić information content (AvgIpc) is 2.82. The van der Waals surface area contributed by atoms with Crippen LogP contribution in [0.1, 0.15) is 48.7 Å². The molecule has 108 valence electrons. The van der Waals surface area contributed by atoms with Gasteiger partial charge < -0.3 is 0 Å². The molecule has 0 amide bonds. The lowest BCUT2D eigenvalue weighted by atomic mass is 9.96. The Bertz CT molecular complexity index is 559. The van der Waals surface area contributed by atoms with E-state index in [1.165, 1.54) is 11.1 Å². The first-order valence-electron chi connectivity index (χ1n) is 7.27. The van der Waals surface area contributed by atoms with Crippen LogP contribution >= 0.6 is 0 Å². The summed E-state index contributed by atoms with van der Waals surface area (Å²) in [4.78, 5) is 0. The zero-order valence-corrected chi connectivity index (χ0v) is 12.6. The van der Waals surface area contributed by atoms with Gasteiger partial charge in [0.05, 0.1) is 11.7 Å². The molecule has 1 atom stereocenters. The highest BCUT2D eigenvalue weighted by Gasteiger charge is 2.18. The molecule has 0 fully saturated rings. The van der Waals surface area contributed by atoms with Crippen molar-refractivity contribution in [3.05, 3.63) is 52.8 Å². The third kappa shape index (κ3) is 3.08. The minimum Gasteiger partial charge on any atom is -0.275 e. The van der Waals surface area contributed by atoms with E-state index in [1.807, 2.05) is 11.7 Å². The molecule has 0 aliphatic rings. The maximum Gasteiger partial charge on any atom is 0.0743 e. The molecule has 1 aromatic heterocycles. The van der Waals surface area contributed by atoms with Crippen molar-refractivity contribution in [3.63, 3.8) is 0 Å². The van der Waals surface area contributed by atoms with Gasteiger partial charge in [-0.05, 0) is 24.0 Å². The van der Waals surface area contributed by atoms with E-state index in [0.29, 0.717) is 0 Å². The normalized spacial score (nSPS) is 12.6. The van der Waals surface area contributed by atoms with Gasteiger partial charge in [0, 0.05) is 18.8 Å². The molecule has 4 heteroatoms. The zero-order valence-electron chi connectivity index (χ0n) is 12.6. The Kier molecular flexibility index (Phi) is 4.93. The van der Waals surface area contributed by atoms with Crippen molar-refractivity contribution in [3.8, 4) is 0 Å². The van der Waals surface area contributed by atoms with Crippen LogP contribution in [0.4, 0.5) is 0 Å². The highest BCUT2D eigenvalue weighted by Crippen LogP contribution is 2.25. The predicted octanol–water partition coefficient (Wildman–Crippen LogP) is 2.49. The third-order valence-electron chi connectivity index (χ3n) is 3.57. The SMILES string of the molecule is CCCc1cccc(C(NN)c2cn(C)nc2CC)c1. The number of aryl methyl sites for hydroxylation is 3. The fourth-order valence-corrected chi connectivity index (χ4v) is 2.65. The fourth-order valence-electron chi connectivity index (χ4n) is 2.65. The monoisotopic (exact) mass is 272 g/mol. The Hall–Kier alpha value is -1.65. The maximum absolute atomic E-state index is 5.81. The first-order chi connectivity index (χ1) is 9.69. The number of nitrogens with one attached hydrogen (secondary N) is 1. The molecule has 4 nitrogen and oxygen atoms in total. The van der Waals surface area contributed by atoms with Gasteiger partial charge in [0.1, 0.15) is 0 Å². The fraction of sp³-hybridized carbons (Fsp3) is 0.438. The van der Waals surface area contributed by atoms with Crippen molar-refractivity contribution in [1.82, 2.24) is 15.2 Å². The molecule has 2 aromatic rings. The van der Waals surface area contributed by atoms with E-state index < -0.39 is 0 Å². The number of hydrogen-bond donors (Lipinski definition) is 2. The molecule has 0 aliphatic heterocycles. The van der Waals surface area contributed by atoms with Crippen LogP contribution < -0.4 is 11.3 Å². The highest BCUT2D eigenvalue weighted by molar-refractivity contribution is 5.35. The standard InChI is InChI=1S/C16H24N4/c1-4-7-12-8-6-9-13(10-12)16(18-17)14-11-20(3)19-15(14)5-2/h6,8-11,16,18H,4-5,7,17H2,1-3H3. The van der Waals surface area contributed by atoms with Crippen molar-refractivity contribution in [2.75, 3.05) is 0 Å². The summed E-state index contributed by atoms with van der Waals surface area (Å²) in [7, 11) is 1.95. The lowest BCUT2D eigenvalue weighted by Gasteiger charge is -2.17. The second kappa shape index (κ2) is 6.68. The Morgan fingerprint density at radius 2 is 2.15 bits per heavy atom. The Labute approximate surface area is 121 Å². The van der Waals surface area contributed by atoms with Gasteiger partial charge in [-0.15, -0.1) is 0 Å². The van der Waals surface area contributed by atoms with E-state index in [1.54, 1.807) is 0 Å². The van der Waals surface area contributed by atoms with Gasteiger partial charge in [-0.3, -0.25) is 10.5 Å². The van der Waals surface area contributed by atoms with Crippen LogP contribution in [0.2, 0.25) is 0 Å². The summed E-state index contributed by atoms with van der Waals surface area (Å²) in [6.07, 6.45) is 5.20. The molecular formula is C16H24N4. The van der Waals surface area contributed by atoms with Gasteiger partial charge in [-0.2, -0.15) is 5.10 Å². The van der Waals surface area contributed by atoms with E-state index >= 15 is 0 Å². The highest BCUT2D eigenvalue weighted by atomic mass is 15.3. The molecule has 1 unspecified atom stereocenters. The van der Waals surface area contributed by atoms with Gasteiger partial charge in [0.25, 0.3) is 0 Å². The molecule has 0 spiro atoms. The van der Waals surface area contributed by atoms with Crippen LogP contribution in [0, 0.1) is 0 Å². The second-order valence-corrected chi connectivity index (χ2v) is 5.15. The number of nitrogens with two attached hydrogens (primary N) is 1. The molecule has 3 N–H and O–H groups in total. The summed E-state index contributed by atoms with van der Waals surface area (Å²) in [5.41, 5.74) is 7.74. The van der Waals surface area contributed by atoms with Gasteiger partial charge in [0.2, 0.25) is 0 Å². The van der Waals surface area contributed by atoms with E-state index in [-0.39, 0.29) is 6.04 Å². The topological polar surface area (TPSA) is 55.9 Å². The second-order valence-electron chi connectivity index (χ2n) is 5.15. The number of benzene rings is 1. The van der Waals surface area contributed by atoms with Gasteiger partial charge in [-0.1, -0.05) is 44.5 Å². The summed E-state index contributed by atoms with van der Waals surface area (Å²) in [6.45, 7) is 4.31. The number of nitrogens with zero attached hydrogens (tertiary/aromatic N) is 2. The van der Waals surface area contributed by atoms with Crippen molar-refractivity contribution >= 4 is 0 Å². The summed E-state index contributed by atoms with van der Waals surface area (Å²) >= 11 is 0. The van der Waals surface area contributed by atoms with Crippen molar-refractivity contribution < 1.29 is 0 Å². The Morgan fingerprint density at radius 3 is 2.80 bits per heavy atom. The minimum absolute atomic E-state index is 0.00421. The predicted molar refractivity (Wildman–Crippen MR) is 82.2 cm³/mol. The number of rotatable bonds is 6. The van der Waals surface area contributed by atoms with Gasteiger partial charge in [0.15, 0.2) is 0 Å². The summed E-state index contributed by atoms with van der Waals surface area (Å²) < 4.78 is 1.86. The first-order valence-corrected chi connectivity index (χ1v) is 7.27. The smallest absolute Gasteiger partial charge is 0.0743 e. The molecule has 0 saturated carbocycles. The molecule has 20 heavy (non-hydrogen) atoms. The molecule has 0 aliphatic carbocycles. The third-order valence-corrected chi connectivity index (χ3v) is 3.57. The average molecular weight is 272 g/mol. The number of aromatic nitrogens is 2. The van der Waals surface area contributed by atoms with Crippen molar-refractivity contribution in [2.24, 2.45) is 12.9 Å². The van der Waals surface area contributed by atoms with Gasteiger partial charge >= 0.3 is 0 Å². The molecule has 1 aromatic carbocycles. The van der Waals surface area contributed by atoms with E-state index in [9.17, 15) is 0 Å². The van der Waals surface area contributed by atoms with Crippen LogP contribution in [0.3, 0.4) is 0 Å². The number of hydrazine groups is 1. The zero-order chi connectivity index (χ0) is 14.5. The van der Waals surface area contributed by atoms with Gasteiger partial charge in [-0.25, -0.2) is 5.43 Å². The lowest BCUT2D eigenvalue weighted by molar-refractivity contribution is 0.630. The first kappa shape index (κ1) is 14.8. The van der Waals surface area contributed by atoms with E-state index in [4.69, 9.17) is 5.84 Å². The Balaban J connectivity index is 2.38. The molecular weight excluding hydrogens is 248 g/mol. The van der Waals surface area contributed by atoms with Crippen LogP contribution in [0.5, 0.6) is 0 Å². The lowest BCUT2D eigenvalue weighted by Crippen LogP contribution is -2.29. The van der Waals surface area contributed by atoms with Crippen LogP contribution in [-0.2, 0) is 19.9 Å². The summed E-state index contributed by atoms with van der Waals surface area (Å²) in [6, 6.07) is 8.63. The summed E-state index contributed by atoms with van der Waals surface area (Å²) in [5.74, 6) is 5.81. The number of hydrogen-bond acceptors (Lipinski definition) is 3. The van der Waals surface area contributed by atoms with Crippen LogP contribution in [0.15, 0.2) is 30.5 Å². The molecule has 1 heterocycles. The van der Waals surface area contributed by atoms with Crippen molar-refractivity contribution in [1.29, 1.82) is 0 Å². The molecule has 2 rings (SSSR count). The minimum atomic E-state index is -0.00421. The molecule has 0 radical (unpaired) electrons. The van der Waals surface area contributed by atoms with Crippen LogP contribution in [0.25, 0.3) is 0 Å². The summed E-state index contributed by atoms with van der Waals surface area (Å²) in [5, 5.41) is 4.50. The molecule has 0 saturated heterocycles.